The van der Waals surface area contributed by atoms with E-state index in [1.165, 1.54) is 0 Å². The van der Waals surface area contributed by atoms with Gasteiger partial charge in [-0.1, -0.05) is 23.7 Å². The van der Waals surface area contributed by atoms with Gasteiger partial charge in [0.25, 0.3) is 5.91 Å². The van der Waals surface area contributed by atoms with E-state index in [1.54, 1.807) is 16.8 Å². The van der Waals surface area contributed by atoms with E-state index in [0.717, 1.165) is 5.56 Å². The third kappa shape index (κ3) is 4.96. The van der Waals surface area contributed by atoms with Crippen LogP contribution >= 0.6 is 23.4 Å². The predicted molar refractivity (Wildman–Crippen MR) is 128 cm³/mol. The molecule has 1 amide bonds. The Morgan fingerprint density at radius 3 is 2.03 bits per heavy atom. The lowest BCUT2D eigenvalue weighted by Crippen LogP contribution is -2.41. The summed E-state index contributed by atoms with van der Waals surface area (Å²) in [5.41, 5.74) is 4.17. The van der Waals surface area contributed by atoms with Crippen LogP contribution in [-0.2, 0) is 14.3 Å². The maximum absolute atomic E-state index is 13.0. The number of morpholine rings is 2. The monoisotopic (exact) mass is 491 g/mol. The highest BCUT2D eigenvalue weighted by atomic mass is 35.5. The molecule has 3 aliphatic heterocycles. The van der Waals surface area contributed by atoms with Gasteiger partial charge < -0.3 is 19.3 Å². The Kier molecular flexibility index (Phi) is 6.72. The third-order valence-electron chi connectivity index (χ3n) is 5.73. The molecule has 4 heterocycles. The van der Waals surface area contributed by atoms with Crippen molar-refractivity contribution in [2.24, 2.45) is 0 Å². The van der Waals surface area contributed by atoms with Crippen molar-refractivity contribution in [1.29, 1.82) is 0 Å². The van der Waals surface area contributed by atoms with Crippen LogP contribution in [0.15, 0.2) is 24.3 Å². The number of carbonyl (C=O) groups is 1. The summed E-state index contributed by atoms with van der Waals surface area (Å²) in [4.78, 5) is 31.3. The number of ether oxygens (including phenoxy) is 2. The van der Waals surface area contributed by atoms with E-state index < -0.39 is 0 Å². The second kappa shape index (κ2) is 9.88. The van der Waals surface area contributed by atoms with Crippen molar-refractivity contribution in [3.05, 3.63) is 34.9 Å². The minimum absolute atomic E-state index is 0.0267. The fourth-order valence-corrected chi connectivity index (χ4v) is 5.25. The number of rotatable bonds is 5. The SMILES string of the molecule is C[C@@H]1S[C@@H](c2ccc(Cl)cc2)N(Nc2nc(N3CCOCC3)nc(N3CCOCC3)n2)C1=O. The largest absolute Gasteiger partial charge is 0.378 e. The molecule has 5 rings (SSSR count). The minimum Gasteiger partial charge on any atom is -0.378 e. The first-order valence-electron chi connectivity index (χ1n) is 11.0. The number of nitrogens with one attached hydrogen (secondary N) is 1. The average Bonchev–Trinajstić information content (AvgIpc) is 3.14. The highest BCUT2D eigenvalue weighted by molar-refractivity contribution is 8.01. The standard InChI is InChI=1S/C21H26ClN7O3S/c1-14-17(30)29(18(33-14)15-2-4-16(22)5-3-15)26-19-23-20(27-6-10-31-11-7-27)25-21(24-19)28-8-12-32-13-9-28/h2-5,14,18H,6-13H2,1H3,(H,23,24,25,26)/t14-,18-/m0/s1. The molecule has 1 aromatic heterocycles. The van der Waals surface area contributed by atoms with E-state index in [2.05, 4.69) is 25.2 Å². The molecule has 0 radical (unpaired) electrons. The predicted octanol–water partition coefficient (Wildman–Crippen LogP) is 2.19. The first-order valence-corrected chi connectivity index (χ1v) is 12.3. The molecular weight excluding hydrogens is 466 g/mol. The Bertz CT molecular complexity index is 950. The topological polar surface area (TPSA) is 95.9 Å². The summed E-state index contributed by atoms with van der Waals surface area (Å²) < 4.78 is 11.0. The maximum Gasteiger partial charge on any atom is 0.255 e. The zero-order valence-electron chi connectivity index (χ0n) is 18.3. The fourth-order valence-electron chi connectivity index (χ4n) is 3.91. The smallest absolute Gasteiger partial charge is 0.255 e. The van der Waals surface area contributed by atoms with Crippen LogP contribution in [0.2, 0.25) is 5.02 Å². The Balaban J connectivity index is 1.46. The summed E-state index contributed by atoms with van der Waals surface area (Å²) in [5, 5.41) is 1.85. The second-order valence-corrected chi connectivity index (χ2v) is 9.82. The van der Waals surface area contributed by atoms with Gasteiger partial charge in [-0.15, -0.1) is 11.8 Å². The molecule has 1 N–H and O–H groups in total. The molecule has 2 atom stereocenters. The number of thioether (sulfide) groups is 1. The highest BCUT2D eigenvalue weighted by Gasteiger charge is 2.39. The Hall–Kier alpha value is -2.34. The van der Waals surface area contributed by atoms with Gasteiger partial charge in [0.1, 0.15) is 5.37 Å². The van der Waals surface area contributed by atoms with Crippen LogP contribution in [0.1, 0.15) is 17.9 Å². The Morgan fingerprint density at radius 1 is 0.939 bits per heavy atom. The van der Waals surface area contributed by atoms with E-state index in [-0.39, 0.29) is 16.5 Å². The van der Waals surface area contributed by atoms with Crippen molar-refractivity contribution in [2.45, 2.75) is 17.5 Å². The first-order chi connectivity index (χ1) is 16.1. The molecule has 3 fully saturated rings. The summed E-state index contributed by atoms with van der Waals surface area (Å²) in [6.07, 6.45) is 0. The number of hydrogen-bond acceptors (Lipinski definition) is 10. The minimum atomic E-state index is -0.222. The van der Waals surface area contributed by atoms with Gasteiger partial charge in [0.2, 0.25) is 17.8 Å². The van der Waals surface area contributed by atoms with Gasteiger partial charge in [-0.05, 0) is 24.6 Å². The molecule has 10 nitrogen and oxygen atoms in total. The molecule has 0 unspecified atom stereocenters. The van der Waals surface area contributed by atoms with E-state index in [0.29, 0.717) is 75.5 Å². The van der Waals surface area contributed by atoms with E-state index in [9.17, 15) is 4.79 Å². The molecule has 0 bridgehead atoms. The Morgan fingerprint density at radius 2 is 1.48 bits per heavy atom. The Labute approximate surface area is 201 Å². The van der Waals surface area contributed by atoms with Gasteiger partial charge in [0.15, 0.2) is 0 Å². The third-order valence-corrected chi connectivity index (χ3v) is 7.33. The van der Waals surface area contributed by atoms with Gasteiger partial charge in [0, 0.05) is 31.2 Å². The molecule has 2 aromatic rings. The normalized spacial score (nSPS) is 23.8. The lowest BCUT2D eigenvalue weighted by atomic mass is 10.2. The highest BCUT2D eigenvalue weighted by Crippen LogP contribution is 2.42. The number of hydrazine groups is 1. The zero-order chi connectivity index (χ0) is 22.8. The van der Waals surface area contributed by atoms with Crippen LogP contribution in [0.3, 0.4) is 0 Å². The van der Waals surface area contributed by atoms with Crippen molar-refractivity contribution < 1.29 is 14.3 Å². The van der Waals surface area contributed by atoms with Crippen molar-refractivity contribution in [3.63, 3.8) is 0 Å². The van der Waals surface area contributed by atoms with Gasteiger partial charge >= 0.3 is 0 Å². The molecule has 33 heavy (non-hydrogen) atoms. The van der Waals surface area contributed by atoms with Crippen LogP contribution in [0.25, 0.3) is 0 Å². The maximum atomic E-state index is 13.0. The van der Waals surface area contributed by atoms with Crippen LogP contribution in [0.4, 0.5) is 17.8 Å². The van der Waals surface area contributed by atoms with Crippen LogP contribution < -0.4 is 15.2 Å². The second-order valence-electron chi connectivity index (χ2n) is 7.96. The van der Waals surface area contributed by atoms with E-state index in [1.807, 2.05) is 31.2 Å². The number of aromatic nitrogens is 3. The molecule has 3 aliphatic rings. The molecule has 0 aliphatic carbocycles. The summed E-state index contributed by atoms with van der Waals surface area (Å²) in [6, 6.07) is 7.54. The molecule has 176 valence electrons. The van der Waals surface area contributed by atoms with Gasteiger partial charge in [0.05, 0.1) is 31.7 Å². The summed E-state index contributed by atoms with van der Waals surface area (Å²) in [6.45, 7) is 7.21. The molecular formula is C21H26ClN7O3S. The van der Waals surface area contributed by atoms with Crippen LogP contribution in [-0.4, -0.2) is 83.7 Å². The van der Waals surface area contributed by atoms with E-state index in [4.69, 9.17) is 26.1 Å². The van der Waals surface area contributed by atoms with Crippen molar-refractivity contribution in [3.8, 4) is 0 Å². The first kappa shape index (κ1) is 22.5. The van der Waals surface area contributed by atoms with Gasteiger partial charge in [-0.3, -0.25) is 10.2 Å². The fraction of sp³-hybridized carbons (Fsp3) is 0.524. The summed E-state index contributed by atoms with van der Waals surface area (Å²) in [7, 11) is 0. The van der Waals surface area contributed by atoms with Crippen molar-refractivity contribution in [2.75, 3.05) is 67.8 Å². The number of anilines is 3. The number of benzene rings is 1. The summed E-state index contributed by atoms with van der Waals surface area (Å²) in [5.74, 6) is 1.47. The molecule has 0 saturated carbocycles. The van der Waals surface area contributed by atoms with Gasteiger partial charge in [-0.25, -0.2) is 5.01 Å². The van der Waals surface area contributed by atoms with Crippen molar-refractivity contribution in [1.82, 2.24) is 20.0 Å². The molecule has 3 saturated heterocycles. The molecule has 1 aromatic carbocycles. The van der Waals surface area contributed by atoms with Crippen LogP contribution in [0, 0.1) is 0 Å². The number of carbonyl (C=O) groups excluding carboxylic acids is 1. The lowest BCUT2D eigenvalue weighted by Gasteiger charge is -2.31. The zero-order valence-corrected chi connectivity index (χ0v) is 19.9. The quantitative estimate of drug-likeness (QED) is 0.670. The summed E-state index contributed by atoms with van der Waals surface area (Å²) >= 11 is 7.64. The van der Waals surface area contributed by atoms with Crippen LogP contribution in [0.5, 0.6) is 0 Å². The number of nitrogens with zero attached hydrogens (tertiary/aromatic N) is 6. The molecule has 0 spiro atoms. The van der Waals surface area contributed by atoms with Crippen molar-refractivity contribution >= 4 is 47.1 Å². The average molecular weight is 492 g/mol. The number of amides is 1. The lowest BCUT2D eigenvalue weighted by molar-refractivity contribution is -0.128. The molecule has 12 heteroatoms. The number of hydrogen-bond donors (Lipinski definition) is 1. The van der Waals surface area contributed by atoms with E-state index >= 15 is 0 Å². The van der Waals surface area contributed by atoms with Gasteiger partial charge in [-0.2, -0.15) is 15.0 Å². The number of halogens is 1.